The quantitative estimate of drug-likeness (QED) is 0.656. The smallest absolute Gasteiger partial charge is 0.243 e. The number of phenols is 1. The zero-order chi connectivity index (χ0) is 12.4. The normalized spacial score (nSPS) is 15.2. The molecule has 2 rings (SSSR count). The van der Waals surface area contributed by atoms with E-state index in [1.54, 1.807) is 0 Å². The molecule has 0 spiro atoms. The first-order chi connectivity index (χ1) is 8.08. The monoisotopic (exact) mass is 272 g/mol. The molecule has 1 aromatic rings. The van der Waals surface area contributed by atoms with Gasteiger partial charge in [-0.15, -0.1) is 0 Å². The molecule has 4 nitrogen and oxygen atoms in total. The molecule has 0 radical (unpaired) electrons. The molecule has 0 bridgehead atoms. The van der Waals surface area contributed by atoms with Crippen LogP contribution in [-0.2, 0) is 4.79 Å². The standard InChI is InChI=1S/C11H10Cl2N2O2/c12-8-3-7(10(16)9(13)4-8)5-14-15-11(17)6-1-2-6/h3-6,16H,1-2H2,(H,15,17). The van der Waals surface area contributed by atoms with Crippen LogP contribution in [0.2, 0.25) is 10.0 Å². The van der Waals surface area contributed by atoms with Crippen LogP contribution in [-0.4, -0.2) is 17.2 Å². The minimum atomic E-state index is -0.111. The Morgan fingerprint density at radius 3 is 2.82 bits per heavy atom. The van der Waals surface area contributed by atoms with Crippen molar-refractivity contribution in [2.45, 2.75) is 12.8 Å². The molecule has 0 aromatic heterocycles. The Balaban J connectivity index is 2.06. The van der Waals surface area contributed by atoms with Crippen LogP contribution >= 0.6 is 23.2 Å². The largest absolute Gasteiger partial charge is 0.506 e. The van der Waals surface area contributed by atoms with Crippen molar-refractivity contribution in [3.8, 4) is 5.75 Å². The number of aromatic hydroxyl groups is 1. The van der Waals surface area contributed by atoms with E-state index in [9.17, 15) is 9.90 Å². The molecule has 1 aromatic carbocycles. The summed E-state index contributed by atoms with van der Waals surface area (Å²) < 4.78 is 0. The van der Waals surface area contributed by atoms with E-state index in [4.69, 9.17) is 23.2 Å². The number of rotatable bonds is 3. The molecular weight excluding hydrogens is 263 g/mol. The average Bonchev–Trinajstić information content (AvgIpc) is 3.08. The molecule has 1 fully saturated rings. The lowest BCUT2D eigenvalue weighted by Crippen LogP contribution is -2.18. The van der Waals surface area contributed by atoms with Gasteiger partial charge in [-0.3, -0.25) is 4.79 Å². The Hall–Kier alpha value is -1.26. The number of hydrazone groups is 1. The Labute approximate surface area is 108 Å². The Morgan fingerprint density at radius 2 is 2.18 bits per heavy atom. The Bertz CT molecular complexity index is 485. The second-order valence-electron chi connectivity index (χ2n) is 3.83. The van der Waals surface area contributed by atoms with E-state index in [-0.39, 0.29) is 22.6 Å². The summed E-state index contributed by atoms with van der Waals surface area (Å²) >= 11 is 11.5. The van der Waals surface area contributed by atoms with Crippen molar-refractivity contribution in [3.05, 3.63) is 27.7 Å². The van der Waals surface area contributed by atoms with Gasteiger partial charge >= 0.3 is 0 Å². The molecule has 0 unspecified atom stereocenters. The highest BCUT2D eigenvalue weighted by Gasteiger charge is 2.29. The van der Waals surface area contributed by atoms with Gasteiger partial charge in [0.1, 0.15) is 5.75 Å². The number of carbonyl (C=O) groups excluding carboxylic acids is 1. The molecule has 0 heterocycles. The first kappa shape index (κ1) is 12.2. The highest BCUT2D eigenvalue weighted by Crippen LogP contribution is 2.30. The number of amides is 1. The fraction of sp³-hybridized carbons (Fsp3) is 0.273. The van der Waals surface area contributed by atoms with Crippen LogP contribution < -0.4 is 5.43 Å². The third-order valence-corrected chi connectivity index (χ3v) is 2.89. The molecule has 1 aliphatic carbocycles. The Kier molecular flexibility index (Phi) is 3.54. The molecular formula is C11H10Cl2N2O2. The van der Waals surface area contributed by atoms with Crippen LogP contribution in [0.3, 0.4) is 0 Å². The highest BCUT2D eigenvalue weighted by molar-refractivity contribution is 6.36. The van der Waals surface area contributed by atoms with Crippen molar-refractivity contribution in [2.75, 3.05) is 0 Å². The van der Waals surface area contributed by atoms with Gasteiger partial charge in [0.2, 0.25) is 5.91 Å². The SMILES string of the molecule is O=C(NN=Cc1cc(Cl)cc(Cl)c1O)C1CC1. The fourth-order valence-electron chi connectivity index (χ4n) is 1.29. The van der Waals surface area contributed by atoms with Gasteiger partial charge in [-0.05, 0) is 25.0 Å². The fourth-order valence-corrected chi connectivity index (χ4v) is 1.80. The summed E-state index contributed by atoms with van der Waals surface area (Å²) in [7, 11) is 0. The first-order valence-corrected chi connectivity index (χ1v) is 5.84. The summed E-state index contributed by atoms with van der Waals surface area (Å²) in [5.41, 5.74) is 2.75. The minimum Gasteiger partial charge on any atom is -0.506 e. The summed E-state index contributed by atoms with van der Waals surface area (Å²) in [5, 5.41) is 13.9. The molecule has 2 N–H and O–H groups in total. The van der Waals surface area contributed by atoms with Gasteiger partial charge in [0.25, 0.3) is 0 Å². The van der Waals surface area contributed by atoms with E-state index in [0.717, 1.165) is 12.8 Å². The van der Waals surface area contributed by atoms with Crippen molar-refractivity contribution in [1.82, 2.24) is 5.43 Å². The molecule has 0 saturated heterocycles. The highest BCUT2D eigenvalue weighted by atomic mass is 35.5. The predicted molar refractivity (Wildman–Crippen MR) is 66.6 cm³/mol. The third kappa shape index (κ3) is 3.11. The molecule has 17 heavy (non-hydrogen) atoms. The van der Waals surface area contributed by atoms with Gasteiger partial charge in [0.05, 0.1) is 11.2 Å². The summed E-state index contributed by atoms with van der Waals surface area (Å²) in [6.07, 6.45) is 3.14. The van der Waals surface area contributed by atoms with Crippen LogP contribution in [0.5, 0.6) is 5.75 Å². The molecule has 0 aliphatic heterocycles. The number of hydrogen-bond acceptors (Lipinski definition) is 3. The Morgan fingerprint density at radius 1 is 1.47 bits per heavy atom. The van der Waals surface area contributed by atoms with Crippen LogP contribution in [0.4, 0.5) is 0 Å². The lowest BCUT2D eigenvalue weighted by Gasteiger charge is -2.02. The van der Waals surface area contributed by atoms with E-state index in [1.165, 1.54) is 18.3 Å². The first-order valence-electron chi connectivity index (χ1n) is 5.09. The number of hydrogen-bond donors (Lipinski definition) is 2. The van der Waals surface area contributed by atoms with Crippen molar-refractivity contribution >= 4 is 35.3 Å². The third-order valence-electron chi connectivity index (χ3n) is 2.38. The van der Waals surface area contributed by atoms with Crippen molar-refractivity contribution < 1.29 is 9.90 Å². The van der Waals surface area contributed by atoms with Gasteiger partial charge in [0, 0.05) is 16.5 Å². The van der Waals surface area contributed by atoms with Crippen molar-refractivity contribution in [2.24, 2.45) is 11.0 Å². The van der Waals surface area contributed by atoms with E-state index in [0.29, 0.717) is 10.6 Å². The zero-order valence-electron chi connectivity index (χ0n) is 8.78. The number of halogens is 2. The zero-order valence-corrected chi connectivity index (χ0v) is 10.3. The molecule has 1 aliphatic rings. The minimum absolute atomic E-state index is 0.0868. The number of carbonyl (C=O) groups is 1. The predicted octanol–water partition coefficient (Wildman–Crippen LogP) is 2.56. The second-order valence-corrected chi connectivity index (χ2v) is 4.68. The summed E-state index contributed by atoms with van der Waals surface area (Å²) in [6, 6.07) is 2.94. The average molecular weight is 273 g/mol. The van der Waals surface area contributed by atoms with Crippen LogP contribution in [0.1, 0.15) is 18.4 Å². The maximum atomic E-state index is 11.3. The molecule has 1 amide bonds. The second kappa shape index (κ2) is 4.94. The molecule has 0 atom stereocenters. The lowest BCUT2D eigenvalue weighted by molar-refractivity contribution is -0.122. The van der Waals surface area contributed by atoms with E-state index < -0.39 is 0 Å². The van der Waals surface area contributed by atoms with Crippen molar-refractivity contribution in [1.29, 1.82) is 0 Å². The summed E-state index contributed by atoms with van der Waals surface area (Å²) in [6.45, 7) is 0. The number of nitrogens with one attached hydrogen (secondary N) is 1. The van der Waals surface area contributed by atoms with Gasteiger partial charge in [-0.2, -0.15) is 5.10 Å². The van der Waals surface area contributed by atoms with Crippen LogP contribution in [0, 0.1) is 5.92 Å². The van der Waals surface area contributed by atoms with Crippen LogP contribution in [0.25, 0.3) is 0 Å². The maximum absolute atomic E-state index is 11.3. The van der Waals surface area contributed by atoms with Gasteiger partial charge in [-0.25, -0.2) is 5.43 Å². The molecule has 90 valence electrons. The van der Waals surface area contributed by atoms with Gasteiger partial charge in [-0.1, -0.05) is 23.2 Å². The summed E-state index contributed by atoms with van der Waals surface area (Å²) in [5.74, 6) is -0.127. The lowest BCUT2D eigenvalue weighted by atomic mass is 10.2. The van der Waals surface area contributed by atoms with E-state index >= 15 is 0 Å². The molecule has 1 saturated carbocycles. The van der Waals surface area contributed by atoms with E-state index in [2.05, 4.69) is 10.5 Å². The molecule has 6 heteroatoms. The number of benzene rings is 1. The van der Waals surface area contributed by atoms with Gasteiger partial charge < -0.3 is 5.11 Å². The number of phenolic OH excluding ortho intramolecular Hbond substituents is 1. The van der Waals surface area contributed by atoms with Crippen LogP contribution in [0.15, 0.2) is 17.2 Å². The summed E-state index contributed by atoms with van der Waals surface area (Å²) in [4.78, 5) is 11.3. The number of nitrogens with zero attached hydrogens (tertiary/aromatic N) is 1. The van der Waals surface area contributed by atoms with Crippen molar-refractivity contribution in [3.63, 3.8) is 0 Å². The topological polar surface area (TPSA) is 61.7 Å². The van der Waals surface area contributed by atoms with Gasteiger partial charge in [0.15, 0.2) is 0 Å². The maximum Gasteiger partial charge on any atom is 0.243 e. The van der Waals surface area contributed by atoms with E-state index in [1.807, 2.05) is 0 Å².